The molecule has 6 aromatic carbocycles. The Kier molecular flexibility index (Phi) is 5.68. The molecule has 9 aromatic rings. The fraction of sp³-hybridized carbons (Fsp3) is 0. The number of rotatable bonds is 4. The van der Waals surface area contributed by atoms with Crippen molar-refractivity contribution >= 4 is 53.3 Å². The van der Waals surface area contributed by atoms with Gasteiger partial charge in [0.15, 0.2) is 0 Å². The molecule has 0 saturated heterocycles. The van der Waals surface area contributed by atoms with Gasteiger partial charge in [0.2, 0.25) is 5.95 Å². The molecule has 0 radical (unpaired) electrons. The highest BCUT2D eigenvalue weighted by atomic mass is 32.1. The van der Waals surface area contributed by atoms with E-state index in [2.05, 4.69) is 144 Å². The van der Waals surface area contributed by atoms with Crippen molar-refractivity contribution in [1.82, 2.24) is 14.5 Å². The molecule has 4 heteroatoms. The van der Waals surface area contributed by atoms with Gasteiger partial charge in [0.1, 0.15) is 0 Å². The highest BCUT2D eigenvalue weighted by Gasteiger charge is 2.20. The summed E-state index contributed by atoms with van der Waals surface area (Å²) in [6.07, 6.45) is 0. The van der Waals surface area contributed by atoms with E-state index in [9.17, 15) is 0 Å². The molecule has 0 aliphatic carbocycles. The van der Waals surface area contributed by atoms with Crippen molar-refractivity contribution in [2.24, 2.45) is 0 Å². The minimum Gasteiger partial charge on any atom is -0.276 e. The Morgan fingerprint density at radius 2 is 1.02 bits per heavy atom. The van der Waals surface area contributed by atoms with E-state index in [4.69, 9.17) is 9.97 Å². The van der Waals surface area contributed by atoms with Crippen molar-refractivity contribution in [3.63, 3.8) is 0 Å². The van der Waals surface area contributed by atoms with Crippen molar-refractivity contribution in [3.8, 4) is 39.6 Å². The molecule has 0 aliphatic heterocycles. The molecular formula is C40H25N3S. The number of hydrogen-bond donors (Lipinski definition) is 0. The van der Waals surface area contributed by atoms with Gasteiger partial charge in [-0.1, -0.05) is 127 Å². The van der Waals surface area contributed by atoms with Gasteiger partial charge in [-0.15, -0.1) is 11.3 Å². The Labute approximate surface area is 258 Å². The van der Waals surface area contributed by atoms with Crippen LogP contribution in [0.4, 0.5) is 0 Å². The second-order valence-electron chi connectivity index (χ2n) is 11.0. The lowest BCUT2D eigenvalue weighted by Gasteiger charge is -2.12. The van der Waals surface area contributed by atoms with Gasteiger partial charge in [0, 0.05) is 37.4 Å². The van der Waals surface area contributed by atoms with Crippen LogP contribution in [0.3, 0.4) is 0 Å². The molecular weight excluding hydrogens is 555 g/mol. The normalized spacial score (nSPS) is 11.6. The van der Waals surface area contributed by atoms with Crippen molar-refractivity contribution < 1.29 is 0 Å². The van der Waals surface area contributed by atoms with Gasteiger partial charge in [-0.3, -0.25) is 4.57 Å². The number of aromatic nitrogens is 3. The second kappa shape index (κ2) is 10.0. The average Bonchev–Trinajstić information content (AvgIpc) is 3.65. The van der Waals surface area contributed by atoms with Crippen LogP contribution in [0.1, 0.15) is 0 Å². The van der Waals surface area contributed by atoms with Gasteiger partial charge >= 0.3 is 0 Å². The zero-order valence-corrected chi connectivity index (χ0v) is 24.5. The number of benzene rings is 6. The molecule has 0 aliphatic rings. The van der Waals surface area contributed by atoms with Crippen LogP contribution in [-0.4, -0.2) is 14.5 Å². The topological polar surface area (TPSA) is 30.7 Å². The van der Waals surface area contributed by atoms with Gasteiger partial charge in [0.25, 0.3) is 0 Å². The number of fused-ring (bicyclic) bond motifs is 7. The fourth-order valence-corrected chi connectivity index (χ4v) is 7.57. The second-order valence-corrected chi connectivity index (χ2v) is 12.1. The third-order valence-corrected chi connectivity index (χ3v) is 9.63. The van der Waals surface area contributed by atoms with E-state index in [-0.39, 0.29) is 0 Å². The molecule has 206 valence electrons. The van der Waals surface area contributed by atoms with E-state index in [1.807, 2.05) is 23.5 Å². The van der Waals surface area contributed by atoms with Crippen molar-refractivity contribution in [2.75, 3.05) is 0 Å². The van der Waals surface area contributed by atoms with Crippen LogP contribution in [0.5, 0.6) is 0 Å². The smallest absolute Gasteiger partial charge is 0.235 e. The van der Waals surface area contributed by atoms with E-state index in [0.717, 1.165) is 33.5 Å². The molecule has 3 nitrogen and oxygen atoms in total. The summed E-state index contributed by atoms with van der Waals surface area (Å²) in [5.41, 5.74) is 8.63. The summed E-state index contributed by atoms with van der Waals surface area (Å²) in [6, 6.07) is 53.5. The number of thiophene rings is 1. The first-order valence-corrected chi connectivity index (χ1v) is 15.6. The molecule has 0 amide bonds. The van der Waals surface area contributed by atoms with E-state index < -0.39 is 0 Å². The predicted octanol–water partition coefficient (Wildman–Crippen LogP) is 10.9. The van der Waals surface area contributed by atoms with Crippen LogP contribution >= 0.6 is 11.3 Å². The zero-order chi connectivity index (χ0) is 29.0. The van der Waals surface area contributed by atoms with Gasteiger partial charge < -0.3 is 0 Å². The fourth-order valence-electron chi connectivity index (χ4n) is 6.35. The Morgan fingerprint density at radius 3 is 1.70 bits per heavy atom. The van der Waals surface area contributed by atoms with Crippen LogP contribution in [0.25, 0.3) is 81.6 Å². The maximum atomic E-state index is 5.24. The molecule has 0 N–H and O–H groups in total. The molecule has 9 rings (SSSR count). The van der Waals surface area contributed by atoms with E-state index in [1.54, 1.807) is 0 Å². The minimum atomic E-state index is 0.673. The van der Waals surface area contributed by atoms with Crippen molar-refractivity contribution in [1.29, 1.82) is 0 Å². The molecule has 0 fully saturated rings. The lowest BCUT2D eigenvalue weighted by molar-refractivity contribution is 0.998. The third kappa shape index (κ3) is 3.96. The molecule has 0 bridgehead atoms. The van der Waals surface area contributed by atoms with Crippen LogP contribution in [0.15, 0.2) is 152 Å². The molecule has 0 spiro atoms. The van der Waals surface area contributed by atoms with Crippen molar-refractivity contribution in [3.05, 3.63) is 152 Å². The van der Waals surface area contributed by atoms with Gasteiger partial charge in [0.05, 0.1) is 27.1 Å². The van der Waals surface area contributed by atoms with Crippen molar-refractivity contribution in [2.45, 2.75) is 0 Å². The maximum absolute atomic E-state index is 5.24. The summed E-state index contributed by atoms with van der Waals surface area (Å²) >= 11 is 1.84. The quantitative estimate of drug-likeness (QED) is 0.208. The average molecular weight is 580 g/mol. The zero-order valence-electron chi connectivity index (χ0n) is 23.7. The third-order valence-electron chi connectivity index (χ3n) is 8.43. The summed E-state index contributed by atoms with van der Waals surface area (Å²) in [4.78, 5) is 10.5. The molecule has 44 heavy (non-hydrogen) atoms. The summed E-state index contributed by atoms with van der Waals surface area (Å²) in [5, 5.41) is 4.93. The highest BCUT2D eigenvalue weighted by Crippen LogP contribution is 2.43. The summed E-state index contributed by atoms with van der Waals surface area (Å²) in [5.74, 6) is 0.673. The number of nitrogens with zero attached hydrogens (tertiary/aromatic N) is 3. The Morgan fingerprint density at radius 1 is 0.432 bits per heavy atom. The van der Waals surface area contributed by atoms with E-state index in [1.165, 1.54) is 42.1 Å². The van der Waals surface area contributed by atoms with Gasteiger partial charge in [-0.25, -0.2) is 9.97 Å². The first-order chi connectivity index (χ1) is 21.8. The number of hydrogen-bond acceptors (Lipinski definition) is 3. The van der Waals surface area contributed by atoms with Crippen LogP contribution < -0.4 is 0 Å². The van der Waals surface area contributed by atoms with Crippen LogP contribution in [0, 0.1) is 0 Å². The summed E-state index contributed by atoms with van der Waals surface area (Å²) < 4.78 is 4.79. The molecule has 3 aromatic heterocycles. The van der Waals surface area contributed by atoms with E-state index >= 15 is 0 Å². The SMILES string of the molecule is c1ccc(-c2ccc3sc4c(ccc5c6ccccc6n(-c6nc(-c7ccccc7)cc(-c7ccccc7)n6)c54)c3c2)cc1. The largest absolute Gasteiger partial charge is 0.276 e. The Hall–Kier alpha value is -5.58. The van der Waals surface area contributed by atoms with Gasteiger partial charge in [-0.2, -0.15) is 0 Å². The van der Waals surface area contributed by atoms with E-state index in [0.29, 0.717) is 5.95 Å². The molecule has 0 saturated carbocycles. The summed E-state index contributed by atoms with van der Waals surface area (Å²) in [6.45, 7) is 0. The van der Waals surface area contributed by atoms with Crippen LogP contribution in [0.2, 0.25) is 0 Å². The first kappa shape index (κ1) is 25.0. The lowest BCUT2D eigenvalue weighted by Crippen LogP contribution is -2.04. The first-order valence-electron chi connectivity index (χ1n) is 14.8. The van der Waals surface area contributed by atoms with Gasteiger partial charge in [-0.05, 0) is 35.4 Å². The standard InChI is InChI=1S/C40H25N3S/c1-4-12-26(13-5-1)29-20-23-37-33(24-29)32-22-21-31-30-18-10-11-19-36(30)43(38(31)39(32)44-37)40-41-34(27-14-6-2-7-15-27)25-35(42-40)28-16-8-3-9-17-28/h1-25H. The Bertz CT molecular complexity index is 2420. The minimum absolute atomic E-state index is 0.673. The highest BCUT2D eigenvalue weighted by molar-refractivity contribution is 7.26. The monoisotopic (exact) mass is 579 g/mol. The molecule has 0 atom stereocenters. The number of para-hydroxylation sites is 1. The molecule has 0 unspecified atom stereocenters. The summed E-state index contributed by atoms with van der Waals surface area (Å²) in [7, 11) is 0. The predicted molar refractivity (Wildman–Crippen MR) is 186 cm³/mol. The van der Waals surface area contributed by atoms with Crippen LogP contribution in [-0.2, 0) is 0 Å². The Balaban J connectivity index is 1.37. The maximum Gasteiger partial charge on any atom is 0.235 e. The lowest BCUT2D eigenvalue weighted by atomic mass is 10.0. The molecule has 3 heterocycles.